The summed E-state index contributed by atoms with van der Waals surface area (Å²) >= 11 is 5.98. The zero-order chi connectivity index (χ0) is 9.42. The van der Waals surface area contributed by atoms with Crippen molar-refractivity contribution in [3.05, 3.63) is 22.8 Å². The smallest absolute Gasteiger partial charge is 0.174 e. The topological polar surface area (TPSA) is 17.1 Å². The molecule has 0 spiro atoms. The Kier molecular flexibility index (Phi) is 2.29. The van der Waals surface area contributed by atoms with Crippen LogP contribution in [0.25, 0.3) is 0 Å². The Bertz CT molecular complexity index is 301. The Hall–Kier alpha value is -0.560. The molecule has 2 rings (SSSR count). The maximum atomic E-state index is 11.4. The van der Waals surface area contributed by atoms with Gasteiger partial charge in [0.25, 0.3) is 0 Å². The lowest BCUT2D eigenvalue weighted by atomic mass is 9.88. The Labute approximate surface area is 83.5 Å². The van der Waals surface area contributed by atoms with Crippen LogP contribution in [0.3, 0.4) is 0 Å². The predicted molar refractivity (Wildman–Crippen MR) is 53.5 cm³/mol. The van der Waals surface area contributed by atoms with Crippen molar-refractivity contribution in [1.29, 1.82) is 0 Å². The number of carbonyl (C=O) groups excluding carboxylic acids is 1. The SMILES string of the molecule is C[C@H]1C=CCCC2=C(Cl)C(=O)C[C@H]21. The van der Waals surface area contributed by atoms with E-state index in [1.807, 2.05) is 0 Å². The van der Waals surface area contributed by atoms with Gasteiger partial charge in [-0.2, -0.15) is 0 Å². The monoisotopic (exact) mass is 196 g/mol. The van der Waals surface area contributed by atoms with Crippen molar-refractivity contribution < 1.29 is 4.79 Å². The number of allylic oxidation sites excluding steroid dienone is 4. The standard InChI is InChI=1S/C11H13ClO/c1-7-4-2-3-5-8-9(7)6-10(13)11(8)12/h2,4,7,9H,3,5-6H2,1H3/t7-,9-/m0/s1. The van der Waals surface area contributed by atoms with Crippen molar-refractivity contribution in [2.24, 2.45) is 11.8 Å². The van der Waals surface area contributed by atoms with Crippen molar-refractivity contribution in [3.63, 3.8) is 0 Å². The van der Waals surface area contributed by atoms with E-state index in [-0.39, 0.29) is 5.78 Å². The normalized spacial score (nSPS) is 33.5. The molecule has 0 aromatic heterocycles. The molecule has 0 bridgehead atoms. The Morgan fingerprint density at radius 1 is 1.54 bits per heavy atom. The number of ketones is 1. The van der Waals surface area contributed by atoms with Crippen LogP contribution >= 0.6 is 11.6 Å². The number of rotatable bonds is 0. The molecule has 0 unspecified atom stereocenters. The molecule has 0 saturated carbocycles. The molecule has 0 amide bonds. The van der Waals surface area contributed by atoms with E-state index in [9.17, 15) is 4.79 Å². The first-order valence-corrected chi connectivity index (χ1v) is 5.16. The van der Waals surface area contributed by atoms with Crippen LogP contribution in [0.15, 0.2) is 22.8 Å². The summed E-state index contributed by atoms with van der Waals surface area (Å²) in [7, 11) is 0. The number of hydrogen-bond donors (Lipinski definition) is 0. The maximum absolute atomic E-state index is 11.4. The van der Waals surface area contributed by atoms with E-state index >= 15 is 0 Å². The molecule has 2 atom stereocenters. The van der Waals surface area contributed by atoms with Crippen molar-refractivity contribution in [1.82, 2.24) is 0 Å². The van der Waals surface area contributed by atoms with E-state index in [1.54, 1.807) is 0 Å². The van der Waals surface area contributed by atoms with Crippen molar-refractivity contribution in [3.8, 4) is 0 Å². The quantitative estimate of drug-likeness (QED) is 0.545. The predicted octanol–water partition coefficient (Wildman–Crippen LogP) is 3.05. The van der Waals surface area contributed by atoms with Crippen LogP contribution in [-0.4, -0.2) is 5.78 Å². The van der Waals surface area contributed by atoms with Crippen LogP contribution in [-0.2, 0) is 4.79 Å². The van der Waals surface area contributed by atoms with Gasteiger partial charge in [-0.3, -0.25) is 4.79 Å². The summed E-state index contributed by atoms with van der Waals surface area (Å²) in [4.78, 5) is 11.4. The van der Waals surface area contributed by atoms with Crippen molar-refractivity contribution in [2.45, 2.75) is 26.2 Å². The summed E-state index contributed by atoms with van der Waals surface area (Å²) in [5, 5.41) is 0.528. The zero-order valence-corrected chi connectivity index (χ0v) is 8.47. The van der Waals surface area contributed by atoms with Gasteiger partial charge in [-0.25, -0.2) is 0 Å². The van der Waals surface area contributed by atoms with Crippen molar-refractivity contribution >= 4 is 17.4 Å². The Morgan fingerprint density at radius 3 is 3.08 bits per heavy atom. The molecule has 0 radical (unpaired) electrons. The highest BCUT2D eigenvalue weighted by Crippen LogP contribution is 2.41. The van der Waals surface area contributed by atoms with E-state index in [0.717, 1.165) is 12.8 Å². The molecule has 1 nitrogen and oxygen atoms in total. The molecule has 2 aliphatic rings. The molecule has 0 aromatic carbocycles. The zero-order valence-electron chi connectivity index (χ0n) is 7.72. The third kappa shape index (κ3) is 1.46. The van der Waals surface area contributed by atoms with Crippen LogP contribution in [0.5, 0.6) is 0 Å². The van der Waals surface area contributed by atoms with Gasteiger partial charge in [0.2, 0.25) is 0 Å². The fourth-order valence-corrected chi connectivity index (χ4v) is 2.55. The van der Waals surface area contributed by atoms with Gasteiger partial charge >= 0.3 is 0 Å². The van der Waals surface area contributed by atoms with Crippen LogP contribution < -0.4 is 0 Å². The van der Waals surface area contributed by atoms with Crippen LogP contribution in [0.1, 0.15) is 26.2 Å². The summed E-state index contributed by atoms with van der Waals surface area (Å²) in [5.74, 6) is 1.00. The minimum atomic E-state index is 0.142. The van der Waals surface area contributed by atoms with Crippen LogP contribution in [0.4, 0.5) is 0 Å². The molecule has 0 heterocycles. The lowest BCUT2D eigenvalue weighted by Crippen LogP contribution is -2.08. The summed E-state index contributed by atoms with van der Waals surface area (Å²) < 4.78 is 0. The van der Waals surface area contributed by atoms with E-state index in [0.29, 0.717) is 23.3 Å². The highest BCUT2D eigenvalue weighted by molar-refractivity contribution is 6.43. The number of hydrogen-bond acceptors (Lipinski definition) is 1. The molecule has 2 heteroatoms. The molecule has 70 valence electrons. The van der Waals surface area contributed by atoms with E-state index in [1.165, 1.54) is 5.57 Å². The van der Waals surface area contributed by atoms with Gasteiger partial charge in [0.1, 0.15) is 0 Å². The number of fused-ring (bicyclic) bond motifs is 1. The van der Waals surface area contributed by atoms with Gasteiger partial charge in [0.05, 0.1) is 5.03 Å². The molecule has 0 aliphatic heterocycles. The number of carbonyl (C=O) groups is 1. The second-order valence-corrected chi connectivity index (χ2v) is 4.28. The second-order valence-electron chi connectivity index (χ2n) is 3.90. The van der Waals surface area contributed by atoms with Gasteiger partial charge < -0.3 is 0 Å². The molecule has 0 saturated heterocycles. The molecule has 0 fully saturated rings. The van der Waals surface area contributed by atoms with Gasteiger partial charge in [-0.05, 0) is 30.3 Å². The Balaban J connectivity index is 2.34. The minimum Gasteiger partial charge on any atom is -0.293 e. The highest BCUT2D eigenvalue weighted by atomic mass is 35.5. The summed E-state index contributed by atoms with van der Waals surface area (Å²) in [6.07, 6.45) is 7.03. The first kappa shape index (κ1) is 9.01. The van der Waals surface area contributed by atoms with Gasteiger partial charge in [0, 0.05) is 6.42 Å². The average molecular weight is 197 g/mol. The largest absolute Gasteiger partial charge is 0.293 e. The van der Waals surface area contributed by atoms with Crippen LogP contribution in [0.2, 0.25) is 0 Å². The van der Waals surface area contributed by atoms with Gasteiger partial charge in [0.15, 0.2) is 5.78 Å². The van der Waals surface area contributed by atoms with Gasteiger partial charge in [-0.15, -0.1) is 0 Å². The lowest BCUT2D eigenvalue weighted by molar-refractivity contribution is -0.114. The van der Waals surface area contributed by atoms with E-state index < -0.39 is 0 Å². The summed E-state index contributed by atoms with van der Waals surface area (Å²) in [5.41, 5.74) is 1.20. The second kappa shape index (κ2) is 3.30. The molecule has 13 heavy (non-hydrogen) atoms. The molecule has 2 aliphatic carbocycles. The molecular weight excluding hydrogens is 184 g/mol. The van der Waals surface area contributed by atoms with E-state index in [4.69, 9.17) is 11.6 Å². The fourth-order valence-electron chi connectivity index (χ4n) is 2.24. The average Bonchev–Trinajstić information content (AvgIpc) is 2.30. The maximum Gasteiger partial charge on any atom is 0.174 e. The first-order valence-electron chi connectivity index (χ1n) is 4.78. The number of halogens is 1. The molecular formula is C11H13ClO. The van der Waals surface area contributed by atoms with Crippen molar-refractivity contribution in [2.75, 3.05) is 0 Å². The number of Topliss-reactive ketones (excluding diaryl/α,β-unsaturated/α-hetero) is 1. The van der Waals surface area contributed by atoms with Gasteiger partial charge in [-0.1, -0.05) is 30.7 Å². The Morgan fingerprint density at radius 2 is 2.31 bits per heavy atom. The van der Waals surface area contributed by atoms with Crippen LogP contribution in [0, 0.1) is 11.8 Å². The summed E-state index contributed by atoms with van der Waals surface area (Å²) in [6.45, 7) is 2.16. The first-order chi connectivity index (χ1) is 6.20. The van der Waals surface area contributed by atoms with E-state index in [2.05, 4.69) is 19.1 Å². The minimum absolute atomic E-state index is 0.142. The highest BCUT2D eigenvalue weighted by Gasteiger charge is 2.33. The molecule has 0 N–H and O–H groups in total. The third-order valence-corrected chi connectivity index (χ3v) is 3.49. The lowest BCUT2D eigenvalue weighted by Gasteiger charge is -2.15. The fraction of sp³-hybridized carbons (Fsp3) is 0.545. The molecule has 0 aromatic rings. The summed E-state index contributed by atoms with van der Waals surface area (Å²) in [6, 6.07) is 0. The third-order valence-electron chi connectivity index (χ3n) is 3.03.